The van der Waals surface area contributed by atoms with Crippen molar-refractivity contribution in [2.24, 2.45) is 5.92 Å². The summed E-state index contributed by atoms with van der Waals surface area (Å²) in [7, 11) is -0.970. The molecule has 1 aliphatic rings. The van der Waals surface area contributed by atoms with Gasteiger partial charge < -0.3 is 15.7 Å². The zero-order chi connectivity index (χ0) is 14.4. The summed E-state index contributed by atoms with van der Waals surface area (Å²) in [6.45, 7) is 1.77. The predicted octanol–water partition coefficient (Wildman–Crippen LogP) is 0.696. The molecule has 0 aromatic carbocycles. The summed E-state index contributed by atoms with van der Waals surface area (Å²) in [5, 5.41) is 14.5. The van der Waals surface area contributed by atoms with Gasteiger partial charge in [0.1, 0.15) is 0 Å². The SMILES string of the molecule is CC(CS(C)=O)NC(=O)NC1CCCCC1C(=O)O. The molecule has 0 radical (unpaired) electrons. The van der Waals surface area contributed by atoms with E-state index in [9.17, 15) is 13.8 Å². The first-order valence-electron chi connectivity index (χ1n) is 6.50. The van der Waals surface area contributed by atoms with Gasteiger partial charge in [-0.25, -0.2) is 4.79 Å². The van der Waals surface area contributed by atoms with Crippen molar-refractivity contribution >= 4 is 22.8 Å². The fourth-order valence-electron chi connectivity index (χ4n) is 2.43. The minimum Gasteiger partial charge on any atom is -0.481 e. The molecule has 4 unspecified atom stereocenters. The van der Waals surface area contributed by atoms with Gasteiger partial charge in [-0.2, -0.15) is 0 Å². The number of hydrogen-bond acceptors (Lipinski definition) is 3. The summed E-state index contributed by atoms with van der Waals surface area (Å²) in [5.74, 6) is -0.969. The molecule has 1 fully saturated rings. The number of hydrogen-bond donors (Lipinski definition) is 3. The van der Waals surface area contributed by atoms with Gasteiger partial charge in [-0.05, 0) is 19.8 Å². The summed E-state index contributed by atoms with van der Waals surface area (Å²) < 4.78 is 11.0. The number of nitrogens with one attached hydrogen (secondary N) is 2. The summed E-state index contributed by atoms with van der Waals surface area (Å²) in [6, 6.07) is -0.889. The third-order valence-corrected chi connectivity index (χ3v) is 4.23. The van der Waals surface area contributed by atoms with Crippen LogP contribution in [-0.4, -0.2) is 45.4 Å². The van der Waals surface area contributed by atoms with Crippen LogP contribution < -0.4 is 10.6 Å². The first-order chi connectivity index (χ1) is 8.90. The molecule has 3 N–H and O–H groups in total. The van der Waals surface area contributed by atoms with E-state index in [1.54, 1.807) is 13.2 Å². The van der Waals surface area contributed by atoms with Crippen LogP contribution in [-0.2, 0) is 15.6 Å². The van der Waals surface area contributed by atoms with E-state index in [1.165, 1.54) is 0 Å². The number of carbonyl (C=O) groups excluding carboxylic acids is 1. The average Bonchev–Trinajstić information content (AvgIpc) is 2.27. The van der Waals surface area contributed by atoms with Crippen molar-refractivity contribution in [2.75, 3.05) is 12.0 Å². The molecule has 7 heteroatoms. The summed E-state index contributed by atoms with van der Waals surface area (Å²) >= 11 is 0. The first-order valence-corrected chi connectivity index (χ1v) is 8.22. The highest BCUT2D eigenvalue weighted by Crippen LogP contribution is 2.24. The number of carboxylic acid groups (broad SMARTS) is 1. The van der Waals surface area contributed by atoms with Gasteiger partial charge >= 0.3 is 12.0 Å². The molecule has 1 rings (SSSR count). The molecular weight excluding hydrogens is 268 g/mol. The van der Waals surface area contributed by atoms with Gasteiger partial charge in [0.25, 0.3) is 0 Å². The molecule has 110 valence electrons. The minimum atomic E-state index is -0.970. The Balaban J connectivity index is 2.45. The Bertz CT molecular complexity index is 362. The number of rotatable bonds is 5. The van der Waals surface area contributed by atoms with E-state index in [1.807, 2.05) is 0 Å². The van der Waals surface area contributed by atoms with Crippen molar-refractivity contribution < 1.29 is 18.9 Å². The molecule has 0 aliphatic heterocycles. The first kappa shape index (κ1) is 15.9. The molecule has 0 bridgehead atoms. The molecule has 0 aromatic heterocycles. The molecule has 1 aliphatic carbocycles. The van der Waals surface area contributed by atoms with Crippen LogP contribution in [0, 0.1) is 5.92 Å². The Hall–Kier alpha value is -1.11. The number of carbonyl (C=O) groups is 2. The number of amides is 2. The smallest absolute Gasteiger partial charge is 0.315 e. The third kappa shape index (κ3) is 5.59. The standard InChI is InChI=1S/C12H22N2O4S/c1-8(7-19(2)18)13-12(17)14-10-6-4-3-5-9(10)11(15)16/h8-10H,3-7H2,1-2H3,(H,15,16)(H2,13,14,17). The van der Waals surface area contributed by atoms with Crippen molar-refractivity contribution in [1.82, 2.24) is 10.6 Å². The van der Waals surface area contributed by atoms with Crippen molar-refractivity contribution in [3.05, 3.63) is 0 Å². The van der Waals surface area contributed by atoms with E-state index in [0.717, 1.165) is 12.8 Å². The predicted molar refractivity (Wildman–Crippen MR) is 73.4 cm³/mol. The lowest BCUT2D eigenvalue weighted by molar-refractivity contribution is -0.143. The van der Waals surface area contributed by atoms with Crippen LogP contribution in [0.3, 0.4) is 0 Å². The topological polar surface area (TPSA) is 95.5 Å². The Kier molecular flexibility index (Phi) is 6.27. The molecule has 0 spiro atoms. The van der Waals surface area contributed by atoms with E-state index < -0.39 is 22.7 Å². The number of urea groups is 1. The van der Waals surface area contributed by atoms with Crippen molar-refractivity contribution in [3.8, 4) is 0 Å². The van der Waals surface area contributed by atoms with Gasteiger partial charge in [-0.1, -0.05) is 12.8 Å². The van der Waals surface area contributed by atoms with E-state index >= 15 is 0 Å². The lowest BCUT2D eigenvalue weighted by Crippen LogP contribution is -2.51. The second-order valence-electron chi connectivity index (χ2n) is 5.09. The maximum atomic E-state index is 11.8. The van der Waals surface area contributed by atoms with Gasteiger partial charge in [-0.3, -0.25) is 9.00 Å². The minimum absolute atomic E-state index is 0.197. The van der Waals surface area contributed by atoms with E-state index in [-0.39, 0.29) is 18.1 Å². The zero-order valence-corrected chi connectivity index (χ0v) is 12.2. The molecule has 0 saturated heterocycles. The Morgan fingerprint density at radius 2 is 2.00 bits per heavy atom. The fourth-order valence-corrected chi connectivity index (χ4v) is 3.21. The highest BCUT2D eigenvalue weighted by Gasteiger charge is 2.31. The summed E-state index contributed by atoms with van der Waals surface area (Å²) in [6.07, 6.45) is 4.70. The second-order valence-corrected chi connectivity index (χ2v) is 6.57. The highest BCUT2D eigenvalue weighted by atomic mass is 32.2. The average molecular weight is 290 g/mol. The molecule has 1 saturated carbocycles. The lowest BCUT2D eigenvalue weighted by Gasteiger charge is -2.29. The second kappa shape index (κ2) is 7.47. The zero-order valence-electron chi connectivity index (χ0n) is 11.3. The van der Waals surface area contributed by atoms with Crippen LogP contribution in [0.25, 0.3) is 0 Å². The van der Waals surface area contributed by atoms with Gasteiger partial charge in [0.05, 0.1) is 5.92 Å². The number of aliphatic carboxylic acids is 1. The molecule has 0 heterocycles. The van der Waals surface area contributed by atoms with Crippen molar-refractivity contribution in [1.29, 1.82) is 0 Å². The van der Waals surface area contributed by atoms with E-state index in [2.05, 4.69) is 10.6 Å². The Labute approximate surface area is 115 Å². The molecular formula is C12H22N2O4S. The summed E-state index contributed by atoms with van der Waals surface area (Å²) in [5.41, 5.74) is 0. The number of carboxylic acids is 1. The quantitative estimate of drug-likeness (QED) is 0.694. The van der Waals surface area contributed by atoms with E-state index in [0.29, 0.717) is 18.6 Å². The summed E-state index contributed by atoms with van der Waals surface area (Å²) in [4.78, 5) is 22.9. The molecule has 6 nitrogen and oxygen atoms in total. The van der Waals surface area contributed by atoms with Crippen molar-refractivity contribution in [2.45, 2.75) is 44.7 Å². The van der Waals surface area contributed by atoms with Gasteiger partial charge in [-0.15, -0.1) is 0 Å². The van der Waals surface area contributed by atoms with Gasteiger partial charge in [0, 0.05) is 34.9 Å². The molecule has 0 aromatic rings. The van der Waals surface area contributed by atoms with Crippen LogP contribution in [0.15, 0.2) is 0 Å². The molecule has 2 amide bonds. The van der Waals surface area contributed by atoms with E-state index in [4.69, 9.17) is 5.11 Å². The van der Waals surface area contributed by atoms with Crippen LogP contribution in [0.4, 0.5) is 4.79 Å². The monoisotopic (exact) mass is 290 g/mol. The highest BCUT2D eigenvalue weighted by molar-refractivity contribution is 7.84. The third-order valence-electron chi connectivity index (χ3n) is 3.26. The Morgan fingerprint density at radius 3 is 2.58 bits per heavy atom. The molecule has 19 heavy (non-hydrogen) atoms. The maximum Gasteiger partial charge on any atom is 0.315 e. The van der Waals surface area contributed by atoms with Crippen LogP contribution in [0.2, 0.25) is 0 Å². The van der Waals surface area contributed by atoms with Gasteiger partial charge in [0.2, 0.25) is 0 Å². The van der Waals surface area contributed by atoms with Crippen LogP contribution in [0.1, 0.15) is 32.6 Å². The normalized spacial score (nSPS) is 26.2. The fraction of sp³-hybridized carbons (Fsp3) is 0.833. The molecule has 4 atom stereocenters. The van der Waals surface area contributed by atoms with Crippen LogP contribution in [0.5, 0.6) is 0 Å². The van der Waals surface area contributed by atoms with Crippen molar-refractivity contribution in [3.63, 3.8) is 0 Å². The maximum absolute atomic E-state index is 11.8. The van der Waals surface area contributed by atoms with Crippen LogP contribution >= 0.6 is 0 Å². The Morgan fingerprint density at radius 1 is 1.37 bits per heavy atom. The van der Waals surface area contributed by atoms with Gasteiger partial charge in [0.15, 0.2) is 0 Å². The lowest BCUT2D eigenvalue weighted by atomic mass is 9.84. The largest absolute Gasteiger partial charge is 0.481 e.